The summed E-state index contributed by atoms with van der Waals surface area (Å²) >= 11 is 3.50. The summed E-state index contributed by atoms with van der Waals surface area (Å²) in [6.07, 6.45) is 0. The van der Waals surface area contributed by atoms with Crippen molar-refractivity contribution in [3.8, 4) is 0 Å². The number of hydrogen-bond acceptors (Lipinski definition) is 2. The fourth-order valence-electron chi connectivity index (χ4n) is 1.86. The Hall–Kier alpha value is -1.09. The zero-order chi connectivity index (χ0) is 12.8. The SMILES string of the molecule is Cc1cc2cc(Br)cc(C(C)(C)C)c2oc1=O. The van der Waals surface area contributed by atoms with E-state index in [2.05, 4.69) is 36.7 Å². The Morgan fingerprint density at radius 1 is 1.18 bits per heavy atom. The first-order chi connectivity index (χ1) is 7.79. The first-order valence-electron chi connectivity index (χ1n) is 5.53. The Morgan fingerprint density at radius 3 is 2.41 bits per heavy atom. The van der Waals surface area contributed by atoms with Crippen LogP contribution in [0.5, 0.6) is 0 Å². The van der Waals surface area contributed by atoms with E-state index in [1.807, 2.05) is 18.2 Å². The fourth-order valence-corrected chi connectivity index (χ4v) is 2.33. The highest BCUT2D eigenvalue weighted by molar-refractivity contribution is 9.10. The third-order valence-electron chi connectivity index (χ3n) is 2.78. The summed E-state index contributed by atoms with van der Waals surface area (Å²) in [6, 6.07) is 5.86. The van der Waals surface area contributed by atoms with Crippen LogP contribution in [-0.2, 0) is 5.41 Å². The van der Waals surface area contributed by atoms with E-state index in [-0.39, 0.29) is 11.0 Å². The van der Waals surface area contributed by atoms with Crippen LogP contribution in [0.1, 0.15) is 31.9 Å². The molecule has 0 saturated carbocycles. The number of halogens is 1. The Morgan fingerprint density at radius 2 is 1.82 bits per heavy atom. The third kappa shape index (κ3) is 2.29. The van der Waals surface area contributed by atoms with E-state index in [4.69, 9.17) is 4.42 Å². The van der Waals surface area contributed by atoms with Crippen LogP contribution >= 0.6 is 15.9 Å². The van der Waals surface area contributed by atoms with Crippen LogP contribution in [0.3, 0.4) is 0 Å². The molecule has 0 radical (unpaired) electrons. The number of fused-ring (bicyclic) bond motifs is 1. The van der Waals surface area contributed by atoms with E-state index in [0.717, 1.165) is 15.4 Å². The minimum Gasteiger partial charge on any atom is -0.422 e. The van der Waals surface area contributed by atoms with Crippen LogP contribution in [0.2, 0.25) is 0 Å². The van der Waals surface area contributed by atoms with Crippen molar-refractivity contribution in [2.24, 2.45) is 0 Å². The molecule has 0 aliphatic carbocycles. The van der Waals surface area contributed by atoms with Crippen LogP contribution in [0.15, 0.2) is 31.9 Å². The summed E-state index contributed by atoms with van der Waals surface area (Å²) in [7, 11) is 0. The molecule has 0 N–H and O–H groups in total. The Kier molecular flexibility index (Phi) is 2.90. The van der Waals surface area contributed by atoms with Crippen molar-refractivity contribution in [2.75, 3.05) is 0 Å². The Labute approximate surface area is 109 Å². The number of hydrogen-bond donors (Lipinski definition) is 0. The lowest BCUT2D eigenvalue weighted by molar-refractivity contribution is 0.526. The van der Waals surface area contributed by atoms with Crippen molar-refractivity contribution in [1.82, 2.24) is 0 Å². The van der Waals surface area contributed by atoms with Gasteiger partial charge in [0.25, 0.3) is 0 Å². The van der Waals surface area contributed by atoms with Gasteiger partial charge in [-0.15, -0.1) is 0 Å². The maximum absolute atomic E-state index is 11.6. The summed E-state index contributed by atoms with van der Waals surface area (Å²) in [4.78, 5) is 11.6. The molecule has 0 aliphatic rings. The summed E-state index contributed by atoms with van der Waals surface area (Å²) < 4.78 is 6.43. The normalized spacial score (nSPS) is 12.1. The van der Waals surface area contributed by atoms with Crippen molar-refractivity contribution in [3.63, 3.8) is 0 Å². The van der Waals surface area contributed by atoms with Gasteiger partial charge in [-0.1, -0.05) is 36.7 Å². The molecule has 17 heavy (non-hydrogen) atoms. The molecule has 0 amide bonds. The molecule has 1 aromatic carbocycles. The summed E-state index contributed by atoms with van der Waals surface area (Å²) in [5.41, 5.74) is 2.05. The first kappa shape index (κ1) is 12.4. The van der Waals surface area contributed by atoms with E-state index in [1.54, 1.807) is 6.92 Å². The van der Waals surface area contributed by atoms with E-state index in [9.17, 15) is 4.79 Å². The maximum Gasteiger partial charge on any atom is 0.339 e. The highest BCUT2D eigenvalue weighted by Crippen LogP contribution is 2.32. The highest BCUT2D eigenvalue weighted by Gasteiger charge is 2.20. The van der Waals surface area contributed by atoms with E-state index in [0.29, 0.717) is 11.1 Å². The molecule has 0 atom stereocenters. The van der Waals surface area contributed by atoms with Gasteiger partial charge in [-0.25, -0.2) is 4.79 Å². The monoisotopic (exact) mass is 294 g/mol. The maximum atomic E-state index is 11.6. The standard InChI is InChI=1S/C14H15BrO2/c1-8-5-9-6-10(15)7-11(14(2,3)4)12(9)17-13(8)16/h5-7H,1-4H3. The summed E-state index contributed by atoms with van der Waals surface area (Å²) in [5.74, 6) is 0. The van der Waals surface area contributed by atoms with Gasteiger partial charge >= 0.3 is 5.63 Å². The highest BCUT2D eigenvalue weighted by atomic mass is 79.9. The summed E-state index contributed by atoms with van der Waals surface area (Å²) in [5, 5.41) is 0.960. The molecule has 1 heterocycles. The lowest BCUT2D eigenvalue weighted by atomic mass is 9.86. The van der Waals surface area contributed by atoms with Gasteiger partial charge in [-0.05, 0) is 30.5 Å². The molecule has 2 nitrogen and oxygen atoms in total. The molecule has 0 saturated heterocycles. The predicted molar refractivity (Wildman–Crippen MR) is 73.6 cm³/mol. The molecule has 1 aromatic heterocycles. The average molecular weight is 295 g/mol. The second-order valence-corrected chi connectivity index (χ2v) is 6.25. The van der Waals surface area contributed by atoms with Crippen molar-refractivity contribution < 1.29 is 4.42 Å². The van der Waals surface area contributed by atoms with Gasteiger partial charge in [0.1, 0.15) is 5.58 Å². The van der Waals surface area contributed by atoms with Crippen LogP contribution in [0.4, 0.5) is 0 Å². The first-order valence-corrected chi connectivity index (χ1v) is 6.33. The third-order valence-corrected chi connectivity index (χ3v) is 3.24. The van der Waals surface area contributed by atoms with E-state index < -0.39 is 0 Å². The molecular formula is C14H15BrO2. The average Bonchev–Trinajstić information content (AvgIpc) is 2.18. The molecule has 90 valence electrons. The quantitative estimate of drug-likeness (QED) is 0.683. The van der Waals surface area contributed by atoms with Gasteiger partial charge in [0.15, 0.2) is 0 Å². The zero-order valence-corrected chi connectivity index (χ0v) is 12.0. The van der Waals surface area contributed by atoms with Crippen LogP contribution in [0.25, 0.3) is 11.0 Å². The topological polar surface area (TPSA) is 30.2 Å². The molecular weight excluding hydrogens is 280 g/mol. The fraction of sp³-hybridized carbons (Fsp3) is 0.357. The van der Waals surface area contributed by atoms with Crippen LogP contribution in [0, 0.1) is 6.92 Å². The predicted octanol–water partition coefficient (Wildman–Crippen LogP) is 4.16. The van der Waals surface area contributed by atoms with Crippen molar-refractivity contribution in [3.05, 3.63) is 44.2 Å². The van der Waals surface area contributed by atoms with E-state index in [1.165, 1.54) is 0 Å². The Balaban J connectivity index is 2.93. The zero-order valence-electron chi connectivity index (χ0n) is 10.4. The molecule has 0 bridgehead atoms. The van der Waals surface area contributed by atoms with Crippen LogP contribution < -0.4 is 5.63 Å². The lowest BCUT2D eigenvalue weighted by Gasteiger charge is -2.20. The molecule has 0 aliphatic heterocycles. The minimum absolute atomic E-state index is 0.0623. The Bertz CT molecular complexity index is 633. The summed E-state index contributed by atoms with van der Waals surface area (Å²) in [6.45, 7) is 8.08. The molecule has 3 heteroatoms. The molecule has 0 spiro atoms. The molecule has 2 rings (SSSR count). The van der Waals surface area contributed by atoms with Crippen molar-refractivity contribution in [1.29, 1.82) is 0 Å². The largest absolute Gasteiger partial charge is 0.422 e. The van der Waals surface area contributed by atoms with Gasteiger partial charge in [0, 0.05) is 21.0 Å². The van der Waals surface area contributed by atoms with Crippen molar-refractivity contribution in [2.45, 2.75) is 33.1 Å². The second kappa shape index (κ2) is 3.98. The number of rotatable bonds is 0. The van der Waals surface area contributed by atoms with Gasteiger partial charge < -0.3 is 4.42 Å². The second-order valence-electron chi connectivity index (χ2n) is 5.34. The van der Waals surface area contributed by atoms with Gasteiger partial charge in [-0.3, -0.25) is 0 Å². The lowest BCUT2D eigenvalue weighted by Crippen LogP contribution is -2.13. The van der Waals surface area contributed by atoms with Gasteiger partial charge in [0.2, 0.25) is 0 Å². The van der Waals surface area contributed by atoms with Gasteiger partial charge in [0.05, 0.1) is 0 Å². The van der Waals surface area contributed by atoms with Crippen molar-refractivity contribution >= 4 is 26.9 Å². The molecule has 2 aromatic rings. The van der Waals surface area contributed by atoms with Gasteiger partial charge in [-0.2, -0.15) is 0 Å². The molecule has 0 fully saturated rings. The van der Waals surface area contributed by atoms with Crippen LogP contribution in [-0.4, -0.2) is 0 Å². The molecule has 0 unspecified atom stereocenters. The number of aryl methyl sites for hydroxylation is 1. The smallest absolute Gasteiger partial charge is 0.339 e. The van der Waals surface area contributed by atoms with E-state index >= 15 is 0 Å². The minimum atomic E-state index is -0.259. The number of benzene rings is 1.